The number of amidine groups is 1. The fourth-order valence-corrected chi connectivity index (χ4v) is 4.97. The molecule has 8 heteroatoms. The summed E-state index contributed by atoms with van der Waals surface area (Å²) in [6, 6.07) is 11.2. The van der Waals surface area contributed by atoms with E-state index < -0.39 is 0 Å². The van der Waals surface area contributed by atoms with Crippen LogP contribution < -0.4 is 4.74 Å². The standard InChI is InChI=1S/C21H19Cl2IN2O2S/c1-3-25-21-26(4-2)20(27)19(29-21)10-13-5-8-18(17(24)9-13)28-12-14-6-7-15(22)11-16(14)23/h5-11H,3-4,12H2,1-2H3/b19-10+,25-21?. The van der Waals surface area contributed by atoms with Crippen LogP contribution in [0.15, 0.2) is 46.3 Å². The van der Waals surface area contributed by atoms with Crippen molar-refractivity contribution in [3.63, 3.8) is 0 Å². The molecule has 0 N–H and O–H groups in total. The molecule has 2 aromatic carbocycles. The number of thioether (sulfide) groups is 1. The Labute approximate surface area is 198 Å². The minimum absolute atomic E-state index is 0.00239. The number of hydrogen-bond acceptors (Lipinski definition) is 4. The van der Waals surface area contributed by atoms with Gasteiger partial charge in [-0.2, -0.15) is 0 Å². The van der Waals surface area contributed by atoms with Crippen molar-refractivity contribution in [2.45, 2.75) is 20.5 Å². The largest absolute Gasteiger partial charge is 0.488 e. The molecule has 0 saturated carbocycles. The first-order chi connectivity index (χ1) is 13.9. The molecule has 4 nitrogen and oxygen atoms in total. The summed E-state index contributed by atoms with van der Waals surface area (Å²) in [5, 5.41) is 1.94. The summed E-state index contributed by atoms with van der Waals surface area (Å²) >= 11 is 15.8. The lowest BCUT2D eigenvalue weighted by Crippen LogP contribution is -2.28. The first-order valence-corrected chi connectivity index (χ1v) is 11.7. The Balaban J connectivity index is 1.75. The Morgan fingerprint density at radius 2 is 2.00 bits per heavy atom. The van der Waals surface area contributed by atoms with Gasteiger partial charge in [0.05, 0.1) is 8.48 Å². The summed E-state index contributed by atoms with van der Waals surface area (Å²) in [6.07, 6.45) is 1.90. The number of carbonyl (C=O) groups is 1. The Morgan fingerprint density at radius 1 is 1.21 bits per heavy atom. The molecule has 152 valence electrons. The van der Waals surface area contributed by atoms with E-state index >= 15 is 0 Å². The number of amides is 1. The number of ether oxygens (including phenoxy) is 1. The topological polar surface area (TPSA) is 41.9 Å². The quantitative estimate of drug-likeness (QED) is 0.299. The van der Waals surface area contributed by atoms with E-state index in [1.165, 1.54) is 11.8 Å². The van der Waals surface area contributed by atoms with Crippen LogP contribution in [0.4, 0.5) is 0 Å². The summed E-state index contributed by atoms with van der Waals surface area (Å²) < 4.78 is 6.87. The van der Waals surface area contributed by atoms with Crippen molar-refractivity contribution in [3.05, 3.63) is 66.0 Å². The monoisotopic (exact) mass is 560 g/mol. The lowest BCUT2D eigenvalue weighted by Gasteiger charge is -2.11. The van der Waals surface area contributed by atoms with Gasteiger partial charge in [0.15, 0.2) is 5.17 Å². The second kappa shape index (κ2) is 10.2. The molecule has 1 fully saturated rings. The highest BCUT2D eigenvalue weighted by Crippen LogP contribution is 2.33. The van der Waals surface area contributed by atoms with E-state index in [0.29, 0.717) is 34.6 Å². The fourth-order valence-electron chi connectivity index (χ4n) is 2.71. The van der Waals surface area contributed by atoms with E-state index in [4.69, 9.17) is 27.9 Å². The molecule has 0 radical (unpaired) electrons. The molecule has 0 aliphatic carbocycles. The maximum absolute atomic E-state index is 12.6. The number of halogens is 3. The molecule has 2 aromatic rings. The van der Waals surface area contributed by atoms with Crippen molar-refractivity contribution in [1.82, 2.24) is 4.90 Å². The van der Waals surface area contributed by atoms with Crippen LogP contribution in [0.2, 0.25) is 10.0 Å². The first kappa shape index (κ1) is 22.5. The molecule has 0 bridgehead atoms. The predicted octanol–water partition coefficient (Wildman–Crippen LogP) is 6.49. The molecule has 1 heterocycles. The van der Waals surface area contributed by atoms with Gasteiger partial charge < -0.3 is 4.74 Å². The molecule has 1 amide bonds. The summed E-state index contributed by atoms with van der Waals surface area (Å²) in [5.74, 6) is 0.755. The van der Waals surface area contributed by atoms with Gasteiger partial charge in [0.2, 0.25) is 0 Å². The van der Waals surface area contributed by atoms with E-state index in [9.17, 15) is 4.79 Å². The second-order valence-corrected chi connectivity index (χ2v) is 9.15. The molecule has 1 aliphatic rings. The van der Waals surface area contributed by atoms with Crippen LogP contribution >= 0.6 is 57.6 Å². The highest BCUT2D eigenvalue weighted by atomic mass is 127. The van der Waals surface area contributed by atoms with Gasteiger partial charge in [-0.3, -0.25) is 14.7 Å². The molecule has 0 atom stereocenters. The van der Waals surface area contributed by atoms with Crippen LogP contribution in [-0.2, 0) is 11.4 Å². The van der Waals surface area contributed by atoms with Crippen molar-refractivity contribution >= 4 is 74.7 Å². The molecule has 0 aromatic heterocycles. The smallest absolute Gasteiger partial charge is 0.266 e. The Kier molecular flexibility index (Phi) is 7.90. The minimum atomic E-state index is -0.00239. The fraction of sp³-hybridized carbons (Fsp3) is 0.238. The van der Waals surface area contributed by atoms with Crippen LogP contribution in [0.1, 0.15) is 25.0 Å². The van der Waals surface area contributed by atoms with Crippen LogP contribution in [-0.4, -0.2) is 29.1 Å². The summed E-state index contributed by atoms with van der Waals surface area (Å²) in [5.41, 5.74) is 1.81. The summed E-state index contributed by atoms with van der Waals surface area (Å²) in [4.78, 5) is 19.4. The maximum atomic E-state index is 12.6. The number of rotatable bonds is 6. The van der Waals surface area contributed by atoms with Gasteiger partial charge in [-0.1, -0.05) is 35.3 Å². The van der Waals surface area contributed by atoms with Gasteiger partial charge in [0.1, 0.15) is 12.4 Å². The van der Waals surface area contributed by atoms with E-state index in [2.05, 4.69) is 27.6 Å². The zero-order valence-electron chi connectivity index (χ0n) is 15.9. The highest BCUT2D eigenvalue weighted by Gasteiger charge is 2.31. The maximum Gasteiger partial charge on any atom is 0.266 e. The number of benzene rings is 2. The number of likely N-dealkylation sites (N-methyl/N-ethyl adjacent to an activating group) is 1. The van der Waals surface area contributed by atoms with Gasteiger partial charge in [-0.15, -0.1) is 0 Å². The lowest BCUT2D eigenvalue weighted by molar-refractivity contribution is -0.122. The van der Waals surface area contributed by atoms with Gasteiger partial charge >= 0.3 is 0 Å². The molecule has 0 spiro atoms. The SMILES string of the molecule is CCN=C1S/C(=C/c2ccc(OCc3ccc(Cl)cc3Cl)c(I)c2)C(=O)N1CC. The van der Waals surface area contributed by atoms with E-state index in [1.54, 1.807) is 17.0 Å². The van der Waals surface area contributed by atoms with Crippen molar-refractivity contribution in [1.29, 1.82) is 0 Å². The first-order valence-electron chi connectivity index (χ1n) is 9.05. The van der Waals surface area contributed by atoms with E-state index in [-0.39, 0.29) is 5.91 Å². The van der Waals surface area contributed by atoms with Gasteiger partial charge in [0.25, 0.3) is 5.91 Å². The zero-order chi connectivity index (χ0) is 21.0. The summed E-state index contributed by atoms with van der Waals surface area (Å²) in [6.45, 7) is 5.53. The third-order valence-electron chi connectivity index (χ3n) is 4.15. The van der Waals surface area contributed by atoms with Crippen molar-refractivity contribution in [3.8, 4) is 5.75 Å². The van der Waals surface area contributed by atoms with Gasteiger partial charge in [-0.05, 0) is 84.1 Å². The molecule has 1 saturated heterocycles. The normalized spacial score (nSPS) is 16.9. The van der Waals surface area contributed by atoms with Gasteiger partial charge in [0, 0.05) is 28.7 Å². The van der Waals surface area contributed by atoms with Gasteiger partial charge in [-0.25, -0.2) is 0 Å². The van der Waals surface area contributed by atoms with Crippen molar-refractivity contribution < 1.29 is 9.53 Å². The Morgan fingerprint density at radius 3 is 2.66 bits per heavy atom. The highest BCUT2D eigenvalue weighted by molar-refractivity contribution is 14.1. The van der Waals surface area contributed by atoms with Crippen LogP contribution in [0.3, 0.4) is 0 Å². The number of aliphatic imine (C=N–C) groups is 1. The van der Waals surface area contributed by atoms with E-state index in [0.717, 1.165) is 25.6 Å². The predicted molar refractivity (Wildman–Crippen MR) is 131 cm³/mol. The minimum Gasteiger partial charge on any atom is -0.488 e. The average molecular weight is 561 g/mol. The lowest BCUT2D eigenvalue weighted by atomic mass is 10.2. The van der Waals surface area contributed by atoms with Crippen LogP contribution in [0.25, 0.3) is 6.08 Å². The zero-order valence-corrected chi connectivity index (χ0v) is 20.4. The third-order valence-corrected chi connectivity index (χ3v) is 6.62. The summed E-state index contributed by atoms with van der Waals surface area (Å²) in [7, 11) is 0. The molecule has 1 aliphatic heterocycles. The van der Waals surface area contributed by atoms with Crippen LogP contribution in [0.5, 0.6) is 5.75 Å². The molecule has 29 heavy (non-hydrogen) atoms. The molecular weight excluding hydrogens is 542 g/mol. The Hall–Kier alpha value is -1.22. The third kappa shape index (κ3) is 5.48. The molecular formula is C21H19Cl2IN2O2S. The molecule has 3 rings (SSSR count). The number of hydrogen-bond donors (Lipinski definition) is 0. The molecule has 0 unspecified atom stereocenters. The van der Waals surface area contributed by atoms with Crippen LogP contribution in [0, 0.1) is 3.57 Å². The number of carbonyl (C=O) groups excluding carboxylic acids is 1. The van der Waals surface area contributed by atoms with Crippen molar-refractivity contribution in [2.75, 3.05) is 13.1 Å². The Bertz CT molecular complexity index is 995. The van der Waals surface area contributed by atoms with E-state index in [1.807, 2.05) is 44.2 Å². The second-order valence-electron chi connectivity index (χ2n) is 6.13. The number of nitrogens with zero attached hydrogens (tertiary/aromatic N) is 2. The average Bonchev–Trinajstić information content (AvgIpc) is 2.97. The van der Waals surface area contributed by atoms with Crippen molar-refractivity contribution in [2.24, 2.45) is 4.99 Å².